The average molecular weight is 368 g/mol. The van der Waals surface area contributed by atoms with E-state index in [-0.39, 0.29) is 11.7 Å². The van der Waals surface area contributed by atoms with Crippen molar-refractivity contribution in [2.45, 2.75) is 20.8 Å². The van der Waals surface area contributed by atoms with Crippen LogP contribution >= 0.6 is 11.8 Å². The number of hydrogen-bond acceptors (Lipinski definition) is 5. The van der Waals surface area contributed by atoms with Crippen molar-refractivity contribution in [1.29, 1.82) is 0 Å². The van der Waals surface area contributed by atoms with Crippen LogP contribution in [0.25, 0.3) is 6.08 Å². The van der Waals surface area contributed by atoms with Crippen LogP contribution in [-0.2, 0) is 4.79 Å². The molecule has 2 aromatic carbocycles. The van der Waals surface area contributed by atoms with Gasteiger partial charge in [0.15, 0.2) is 5.17 Å². The van der Waals surface area contributed by atoms with Gasteiger partial charge in [0.2, 0.25) is 0 Å². The van der Waals surface area contributed by atoms with Crippen LogP contribution in [0.15, 0.2) is 46.3 Å². The fourth-order valence-corrected chi connectivity index (χ4v) is 3.45. The van der Waals surface area contributed by atoms with Crippen LogP contribution < -0.4 is 10.1 Å². The van der Waals surface area contributed by atoms with Crippen molar-refractivity contribution in [2.75, 3.05) is 6.61 Å². The highest BCUT2D eigenvalue weighted by molar-refractivity contribution is 8.18. The Balaban J connectivity index is 1.80. The summed E-state index contributed by atoms with van der Waals surface area (Å²) in [6, 6.07) is 11.1. The molecule has 1 aliphatic rings. The zero-order valence-electron chi connectivity index (χ0n) is 14.9. The minimum atomic E-state index is -0.178. The van der Waals surface area contributed by atoms with Crippen molar-refractivity contribution in [2.24, 2.45) is 4.99 Å². The largest absolute Gasteiger partial charge is 0.507 e. The normalized spacial score (nSPS) is 17.0. The molecule has 0 aromatic heterocycles. The minimum Gasteiger partial charge on any atom is -0.507 e. The molecule has 2 N–H and O–H groups in total. The maximum Gasteiger partial charge on any atom is 0.264 e. The first-order chi connectivity index (χ1) is 12.5. The average Bonchev–Trinajstić information content (AvgIpc) is 2.94. The summed E-state index contributed by atoms with van der Waals surface area (Å²) in [4.78, 5) is 17.2. The van der Waals surface area contributed by atoms with Crippen LogP contribution in [0, 0.1) is 13.8 Å². The highest BCUT2D eigenvalue weighted by Gasteiger charge is 2.24. The molecule has 1 fully saturated rings. The van der Waals surface area contributed by atoms with Gasteiger partial charge in [0, 0.05) is 0 Å². The standard InChI is InChI=1S/C20H20N2O3S/c1-4-25-16-7-5-15(6-8-16)21-20-22-19(24)17(26-20)11-14-9-12(2)18(23)13(3)10-14/h5-11,23H,4H2,1-3H3,(H,21,22,24)/b17-11-. The molecule has 0 unspecified atom stereocenters. The smallest absolute Gasteiger partial charge is 0.264 e. The van der Waals surface area contributed by atoms with Crippen molar-refractivity contribution in [1.82, 2.24) is 5.32 Å². The summed E-state index contributed by atoms with van der Waals surface area (Å²) in [6.07, 6.45) is 1.81. The monoisotopic (exact) mass is 368 g/mol. The van der Waals surface area contributed by atoms with E-state index < -0.39 is 0 Å². The Morgan fingerprint density at radius 3 is 2.46 bits per heavy atom. The first-order valence-electron chi connectivity index (χ1n) is 8.29. The van der Waals surface area contributed by atoms with Gasteiger partial charge in [-0.1, -0.05) is 0 Å². The number of aliphatic imine (C=N–C) groups is 1. The fourth-order valence-electron chi connectivity index (χ4n) is 2.61. The molecule has 1 amide bonds. The number of amidine groups is 1. The molecular formula is C20H20N2O3S. The van der Waals surface area contributed by atoms with Gasteiger partial charge in [-0.2, -0.15) is 0 Å². The van der Waals surface area contributed by atoms with E-state index in [4.69, 9.17) is 4.74 Å². The third-order valence-corrected chi connectivity index (χ3v) is 4.75. The van der Waals surface area contributed by atoms with E-state index in [9.17, 15) is 9.90 Å². The van der Waals surface area contributed by atoms with Crippen LogP contribution in [0.1, 0.15) is 23.6 Å². The number of phenolic OH excluding ortho intramolecular Hbond substituents is 1. The van der Waals surface area contributed by atoms with Crippen molar-refractivity contribution in [3.05, 3.63) is 58.0 Å². The molecule has 0 bridgehead atoms. The number of thioether (sulfide) groups is 1. The number of carbonyl (C=O) groups excluding carboxylic acids is 1. The van der Waals surface area contributed by atoms with Crippen LogP contribution in [-0.4, -0.2) is 22.8 Å². The van der Waals surface area contributed by atoms with Gasteiger partial charge >= 0.3 is 0 Å². The van der Waals surface area contributed by atoms with Crippen molar-refractivity contribution < 1.29 is 14.6 Å². The van der Waals surface area contributed by atoms with E-state index in [2.05, 4.69) is 10.3 Å². The number of rotatable bonds is 4. The third kappa shape index (κ3) is 4.08. The van der Waals surface area contributed by atoms with E-state index >= 15 is 0 Å². The first-order valence-corrected chi connectivity index (χ1v) is 9.10. The number of aryl methyl sites for hydroxylation is 2. The predicted octanol–water partition coefficient (Wildman–Crippen LogP) is 4.30. The van der Waals surface area contributed by atoms with Gasteiger partial charge in [0.25, 0.3) is 5.91 Å². The highest BCUT2D eigenvalue weighted by atomic mass is 32.2. The molecule has 3 rings (SSSR count). The summed E-state index contributed by atoms with van der Waals surface area (Å²) in [5.74, 6) is 0.898. The predicted molar refractivity (Wildman–Crippen MR) is 106 cm³/mol. The lowest BCUT2D eigenvalue weighted by atomic mass is 10.1. The van der Waals surface area contributed by atoms with Gasteiger partial charge in [-0.25, -0.2) is 4.99 Å². The summed E-state index contributed by atoms with van der Waals surface area (Å²) in [5, 5.41) is 13.2. The number of nitrogens with one attached hydrogen (secondary N) is 1. The molecule has 0 saturated carbocycles. The van der Waals surface area contributed by atoms with Crippen molar-refractivity contribution >= 4 is 34.6 Å². The van der Waals surface area contributed by atoms with Crippen molar-refractivity contribution in [3.63, 3.8) is 0 Å². The van der Waals surface area contributed by atoms with Crippen LogP contribution in [0.3, 0.4) is 0 Å². The molecule has 0 spiro atoms. The third-order valence-electron chi connectivity index (χ3n) is 3.84. The molecule has 5 nitrogen and oxygen atoms in total. The van der Waals surface area contributed by atoms with E-state index in [0.29, 0.717) is 16.7 Å². The SMILES string of the molecule is CCOc1ccc(N=C2NC(=O)/C(=C/c3cc(C)c(O)c(C)c3)S2)cc1. The number of aromatic hydroxyl groups is 1. The number of amides is 1. The van der Waals surface area contributed by atoms with Crippen LogP contribution in [0.5, 0.6) is 11.5 Å². The topological polar surface area (TPSA) is 70.9 Å². The molecule has 1 heterocycles. The Kier molecular flexibility index (Phi) is 5.32. The van der Waals surface area contributed by atoms with Crippen molar-refractivity contribution in [3.8, 4) is 11.5 Å². The summed E-state index contributed by atoms with van der Waals surface area (Å²) in [6.45, 7) is 6.23. The van der Waals surface area contributed by atoms with Crippen LogP contribution in [0.4, 0.5) is 5.69 Å². The molecule has 0 radical (unpaired) electrons. The number of carbonyl (C=O) groups is 1. The molecule has 6 heteroatoms. The van der Waals surface area contributed by atoms with Crippen LogP contribution in [0.2, 0.25) is 0 Å². The second-order valence-electron chi connectivity index (χ2n) is 5.91. The van der Waals surface area contributed by atoms with Gasteiger partial charge in [-0.15, -0.1) is 0 Å². The number of ether oxygens (including phenoxy) is 1. The lowest BCUT2D eigenvalue weighted by molar-refractivity contribution is -0.115. The van der Waals surface area contributed by atoms with E-state index in [1.807, 2.05) is 57.2 Å². The number of nitrogens with zero attached hydrogens (tertiary/aromatic N) is 1. The van der Waals surface area contributed by atoms with Gasteiger partial charge in [0.05, 0.1) is 17.2 Å². The van der Waals surface area contributed by atoms with E-state index in [1.54, 1.807) is 6.08 Å². The second kappa shape index (κ2) is 7.66. The number of benzene rings is 2. The Hall–Kier alpha value is -2.73. The number of phenols is 1. The first kappa shape index (κ1) is 18.1. The number of hydrogen-bond donors (Lipinski definition) is 2. The molecule has 1 aliphatic heterocycles. The summed E-state index contributed by atoms with van der Waals surface area (Å²) >= 11 is 1.30. The zero-order valence-corrected chi connectivity index (χ0v) is 15.7. The Labute approximate surface area is 156 Å². The quantitative estimate of drug-likeness (QED) is 0.790. The molecule has 26 heavy (non-hydrogen) atoms. The molecule has 1 saturated heterocycles. The highest BCUT2D eigenvalue weighted by Crippen LogP contribution is 2.30. The molecule has 2 aromatic rings. The molecule has 0 aliphatic carbocycles. The molecule has 0 atom stereocenters. The lowest BCUT2D eigenvalue weighted by Crippen LogP contribution is -2.19. The maximum atomic E-state index is 12.2. The van der Waals surface area contributed by atoms with Gasteiger partial charge in [-0.3, -0.25) is 4.79 Å². The van der Waals surface area contributed by atoms with Gasteiger partial charge < -0.3 is 15.2 Å². The maximum absolute atomic E-state index is 12.2. The Morgan fingerprint density at radius 2 is 1.85 bits per heavy atom. The molecule has 134 valence electrons. The second-order valence-corrected chi connectivity index (χ2v) is 6.94. The fraction of sp³-hybridized carbons (Fsp3) is 0.200. The molecular weight excluding hydrogens is 348 g/mol. The lowest BCUT2D eigenvalue weighted by Gasteiger charge is -2.05. The van der Waals surface area contributed by atoms with Gasteiger partial charge in [-0.05, 0) is 91.7 Å². The van der Waals surface area contributed by atoms with E-state index in [1.165, 1.54) is 11.8 Å². The summed E-state index contributed by atoms with van der Waals surface area (Å²) in [5.41, 5.74) is 3.18. The summed E-state index contributed by atoms with van der Waals surface area (Å²) in [7, 11) is 0. The summed E-state index contributed by atoms with van der Waals surface area (Å²) < 4.78 is 5.41. The Morgan fingerprint density at radius 1 is 1.19 bits per heavy atom. The van der Waals surface area contributed by atoms with E-state index in [0.717, 1.165) is 28.1 Å². The van der Waals surface area contributed by atoms with Gasteiger partial charge in [0.1, 0.15) is 11.5 Å². The Bertz CT molecular complexity index is 879. The zero-order chi connectivity index (χ0) is 18.7. The minimum absolute atomic E-state index is 0.178.